The molecule has 0 aliphatic carbocycles. The first kappa shape index (κ1) is 21.1. The lowest BCUT2D eigenvalue weighted by atomic mass is 10.0. The van der Waals surface area contributed by atoms with Crippen LogP contribution in [0.15, 0.2) is 58.5 Å². The van der Waals surface area contributed by atoms with E-state index < -0.39 is 0 Å². The number of benzene rings is 2. The third-order valence-corrected chi connectivity index (χ3v) is 7.12. The molecule has 1 amide bonds. The lowest BCUT2D eigenvalue weighted by molar-refractivity contribution is -0.113. The molecule has 2 heterocycles. The van der Waals surface area contributed by atoms with Crippen LogP contribution in [0.25, 0.3) is 21.3 Å². The third-order valence-electron chi connectivity index (χ3n) is 4.58. The molecular weight excluding hydrogens is 529 g/mol. The molecule has 4 rings (SSSR count). The zero-order chi connectivity index (χ0) is 21.3. The molecule has 0 unspecified atom stereocenters. The van der Waals surface area contributed by atoms with Crippen LogP contribution in [0.5, 0.6) is 0 Å². The number of fused-ring (bicyclic) bond motifs is 1. The second-order valence-corrected chi connectivity index (χ2v) is 10.2. The van der Waals surface area contributed by atoms with Crippen LogP contribution in [0.2, 0.25) is 0 Å². The summed E-state index contributed by atoms with van der Waals surface area (Å²) in [5.41, 5.74) is 3.55. The molecule has 2 aromatic heterocycles. The number of halogens is 1. The maximum absolute atomic E-state index is 12.8. The second-order valence-electron chi connectivity index (χ2n) is 6.75. The highest BCUT2D eigenvalue weighted by atomic mass is 127. The Morgan fingerprint density at radius 3 is 2.70 bits per heavy atom. The van der Waals surface area contributed by atoms with Gasteiger partial charge >= 0.3 is 0 Å². The van der Waals surface area contributed by atoms with E-state index in [4.69, 9.17) is 0 Å². The first-order chi connectivity index (χ1) is 14.4. The number of nitrogens with one attached hydrogen (secondary N) is 2. The zero-order valence-corrected chi connectivity index (χ0v) is 20.1. The van der Waals surface area contributed by atoms with Crippen molar-refractivity contribution in [2.75, 3.05) is 11.1 Å². The number of thioether (sulfide) groups is 1. The van der Waals surface area contributed by atoms with E-state index in [2.05, 4.69) is 37.9 Å². The molecule has 0 aliphatic heterocycles. The van der Waals surface area contributed by atoms with E-state index in [-0.39, 0.29) is 17.2 Å². The van der Waals surface area contributed by atoms with Crippen molar-refractivity contribution in [2.45, 2.75) is 19.0 Å². The fraction of sp³-hybridized carbons (Fsp3) is 0.136. The summed E-state index contributed by atoms with van der Waals surface area (Å²) in [5.74, 6) is 0.0230. The third kappa shape index (κ3) is 4.45. The Morgan fingerprint density at radius 1 is 1.20 bits per heavy atom. The molecule has 0 saturated heterocycles. The van der Waals surface area contributed by atoms with Crippen molar-refractivity contribution in [3.8, 4) is 11.1 Å². The molecule has 2 N–H and O–H groups in total. The summed E-state index contributed by atoms with van der Waals surface area (Å²) < 4.78 is 1.12. The molecule has 8 heteroatoms. The average Bonchev–Trinajstić information content (AvgIpc) is 3.05. The SMILES string of the molecule is Cc1cc(I)ccc1NC(=O)CSc1nc2sc(C)c(-c3ccccc3)c2c(=O)[nH]1. The van der Waals surface area contributed by atoms with Crippen molar-refractivity contribution in [1.82, 2.24) is 9.97 Å². The molecule has 0 aliphatic rings. The second kappa shape index (κ2) is 8.91. The van der Waals surface area contributed by atoms with E-state index in [1.807, 2.05) is 62.4 Å². The number of carbonyl (C=O) groups excluding carboxylic acids is 1. The highest BCUT2D eigenvalue weighted by Crippen LogP contribution is 2.35. The highest BCUT2D eigenvalue weighted by Gasteiger charge is 2.17. The van der Waals surface area contributed by atoms with Gasteiger partial charge in [-0.2, -0.15) is 0 Å². The van der Waals surface area contributed by atoms with Crippen LogP contribution >= 0.6 is 45.7 Å². The number of nitrogens with zero attached hydrogens (tertiary/aromatic N) is 1. The molecule has 0 bridgehead atoms. The minimum atomic E-state index is -0.181. The number of H-pyrrole nitrogens is 1. The van der Waals surface area contributed by atoms with Crippen molar-refractivity contribution in [3.05, 3.63) is 72.9 Å². The minimum Gasteiger partial charge on any atom is -0.325 e. The molecular formula is C22H18IN3O2S2. The molecule has 2 aromatic carbocycles. The first-order valence-electron chi connectivity index (χ1n) is 9.20. The van der Waals surface area contributed by atoms with Gasteiger partial charge in [0, 0.05) is 19.7 Å². The van der Waals surface area contributed by atoms with E-state index >= 15 is 0 Å². The van der Waals surface area contributed by atoms with Crippen LogP contribution in [0, 0.1) is 17.4 Å². The van der Waals surface area contributed by atoms with E-state index in [1.165, 1.54) is 23.1 Å². The van der Waals surface area contributed by atoms with Gasteiger partial charge in [-0.25, -0.2) is 4.98 Å². The summed E-state index contributed by atoms with van der Waals surface area (Å²) in [5, 5.41) is 3.96. The number of aromatic nitrogens is 2. The van der Waals surface area contributed by atoms with E-state index in [9.17, 15) is 9.59 Å². The van der Waals surface area contributed by atoms with Gasteiger partial charge in [-0.05, 0) is 65.8 Å². The fourth-order valence-corrected chi connectivity index (χ4v) is 5.62. The summed E-state index contributed by atoms with van der Waals surface area (Å²) in [4.78, 5) is 34.3. The van der Waals surface area contributed by atoms with Crippen LogP contribution in [0.1, 0.15) is 10.4 Å². The largest absolute Gasteiger partial charge is 0.325 e. The van der Waals surface area contributed by atoms with Crippen LogP contribution in [0.3, 0.4) is 0 Å². The Balaban J connectivity index is 1.54. The number of rotatable bonds is 5. The monoisotopic (exact) mass is 547 g/mol. The number of carbonyl (C=O) groups is 1. The van der Waals surface area contributed by atoms with Gasteiger partial charge in [0.15, 0.2) is 5.16 Å². The maximum Gasteiger partial charge on any atom is 0.260 e. The van der Waals surface area contributed by atoms with Gasteiger partial charge < -0.3 is 10.3 Å². The van der Waals surface area contributed by atoms with E-state index in [0.29, 0.717) is 15.4 Å². The van der Waals surface area contributed by atoms with Crippen LogP contribution in [-0.4, -0.2) is 21.6 Å². The van der Waals surface area contributed by atoms with Gasteiger partial charge in [-0.1, -0.05) is 42.1 Å². The Hall–Kier alpha value is -2.17. The molecule has 4 aromatic rings. The average molecular weight is 547 g/mol. The number of aryl methyl sites for hydroxylation is 2. The van der Waals surface area contributed by atoms with Gasteiger partial charge in [-0.3, -0.25) is 9.59 Å². The molecule has 5 nitrogen and oxygen atoms in total. The fourth-order valence-electron chi connectivity index (χ4n) is 3.21. The minimum absolute atomic E-state index is 0.139. The van der Waals surface area contributed by atoms with Crippen molar-refractivity contribution in [3.63, 3.8) is 0 Å². The predicted octanol–water partition coefficient (Wildman–Crippen LogP) is 5.60. The Labute approximate surface area is 195 Å². The predicted molar refractivity (Wildman–Crippen MR) is 134 cm³/mol. The number of hydrogen-bond donors (Lipinski definition) is 2. The number of hydrogen-bond acceptors (Lipinski definition) is 5. The lowest BCUT2D eigenvalue weighted by Crippen LogP contribution is -2.16. The van der Waals surface area contributed by atoms with E-state index in [0.717, 1.165) is 30.8 Å². The molecule has 0 atom stereocenters. The van der Waals surface area contributed by atoms with Gasteiger partial charge in [0.25, 0.3) is 5.56 Å². The highest BCUT2D eigenvalue weighted by molar-refractivity contribution is 14.1. The maximum atomic E-state index is 12.8. The van der Waals surface area contributed by atoms with Crippen molar-refractivity contribution in [2.24, 2.45) is 0 Å². The summed E-state index contributed by atoms with van der Waals surface area (Å²) >= 11 is 4.96. The number of anilines is 1. The summed E-state index contributed by atoms with van der Waals surface area (Å²) in [6, 6.07) is 15.7. The first-order valence-corrected chi connectivity index (χ1v) is 12.1. The smallest absolute Gasteiger partial charge is 0.260 e. The van der Waals surface area contributed by atoms with E-state index in [1.54, 1.807) is 0 Å². The molecule has 152 valence electrons. The standard InChI is InChI=1S/C22H18IN3O2S2/c1-12-10-15(23)8-9-16(12)24-17(27)11-29-22-25-20(28)19-18(13(2)30-21(19)26-22)14-6-4-3-5-7-14/h3-10H,11H2,1-2H3,(H,24,27)(H,25,26,28). The number of thiophene rings is 1. The molecule has 0 radical (unpaired) electrons. The number of amides is 1. The normalized spacial score (nSPS) is 11.0. The summed E-state index contributed by atoms with van der Waals surface area (Å²) in [6.45, 7) is 3.96. The lowest BCUT2D eigenvalue weighted by Gasteiger charge is -2.08. The van der Waals surface area contributed by atoms with Gasteiger partial charge in [0.2, 0.25) is 5.91 Å². The van der Waals surface area contributed by atoms with Crippen molar-refractivity contribution < 1.29 is 4.79 Å². The topological polar surface area (TPSA) is 74.8 Å². The quantitative estimate of drug-likeness (QED) is 0.194. The molecule has 30 heavy (non-hydrogen) atoms. The van der Waals surface area contributed by atoms with Crippen LogP contribution < -0.4 is 10.9 Å². The Bertz CT molecular complexity index is 1300. The van der Waals surface area contributed by atoms with Gasteiger partial charge in [0.1, 0.15) is 4.83 Å². The van der Waals surface area contributed by atoms with Crippen molar-refractivity contribution >= 4 is 67.5 Å². The zero-order valence-electron chi connectivity index (χ0n) is 16.3. The molecule has 0 spiro atoms. The summed E-state index contributed by atoms with van der Waals surface area (Å²) in [7, 11) is 0. The Kier molecular flexibility index (Phi) is 6.26. The van der Waals surface area contributed by atoms with Gasteiger partial charge in [-0.15, -0.1) is 11.3 Å². The Morgan fingerprint density at radius 2 is 1.97 bits per heavy atom. The van der Waals surface area contributed by atoms with Crippen LogP contribution in [-0.2, 0) is 4.79 Å². The van der Waals surface area contributed by atoms with Crippen LogP contribution in [0.4, 0.5) is 5.69 Å². The number of aromatic amines is 1. The van der Waals surface area contributed by atoms with Crippen molar-refractivity contribution in [1.29, 1.82) is 0 Å². The molecule has 0 fully saturated rings. The van der Waals surface area contributed by atoms with Gasteiger partial charge in [0.05, 0.1) is 11.1 Å². The summed E-state index contributed by atoms with van der Waals surface area (Å²) in [6.07, 6.45) is 0. The molecule has 0 saturated carbocycles.